The zero-order chi connectivity index (χ0) is 12.3. The van der Waals surface area contributed by atoms with Crippen molar-refractivity contribution in [2.45, 2.75) is 25.7 Å². The third-order valence-corrected chi connectivity index (χ3v) is 3.58. The fourth-order valence-electron chi connectivity index (χ4n) is 1.63. The molecule has 0 heterocycles. The Labute approximate surface area is 110 Å². The Kier molecular flexibility index (Phi) is 4.13. The van der Waals surface area contributed by atoms with Crippen molar-refractivity contribution in [3.63, 3.8) is 0 Å². The maximum atomic E-state index is 10.9. The molecule has 0 radical (unpaired) electrons. The first kappa shape index (κ1) is 13.2. The molecular formula is C13H15IO2. The Morgan fingerprint density at radius 1 is 1.56 bits per heavy atom. The predicted octanol–water partition coefficient (Wildman–Crippen LogP) is 3.60. The van der Waals surface area contributed by atoms with E-state index in [-0.39, 0.29) is 6.42 Å². The first-order chi connectivity index (χ1) is 7.36. The highest BCUT2D eigenvalue weighted by Crippen LogP contribution is 2.34. The summed E-state index contributed by atoms with van der Waals surface area (Å²) in [6, 6.07) is 7.90. The molecule has 86 valence electrons. The largest absolute Gasteiger partial charge is 0.481 e. The minimum absolute atomic E-state index is 0.0719. The number of carboxylic acids is 1. The molecule has 3 heteroatoms. The third-order valence-electron chi connectivity index (χ3n) is 2.91. The lowest BCUT2D eigenvalue weighted by molar-refractivity contribution is -0.138. The Hall–Kier alpha value is -0.840. The molecular weight excluding hydrogens is 315 g/mol. The van der Waals surface area contributed by atoms with Crippen LogP contribution in [-0.4, -0.2) is 11.1 Å². The van der Waals surface area contributed by atoms with Crippen LogP contribution in [0.1, 0.15) is 25.8 Å². The van der Waals surface area contributed by atoms with E-state index >= 15 is 0 Å². The van der Waals surface area contributed by atoms with Gasteiger partial charge >= 0.3 is 5.97 Å². The van der Waals surface area contributed by atoms with Crippen molar-refractivity contribution in [1.29, 1.82) is 0 Å². The minimum atomic E-state index is -0.802. The summed E-state index contributed by atoms with van der Waals surface area (Å²) in [5.74, 6) is -0.802. The molecule has 1 rings (SSSR count). The van der Waals surface area contributed by atoms with Gasteiger partial charge < -0.3 is 5.11 Å². The maximum absolute atomic E-state index is 10.9. The van der Waals surface area contributed by atoms with Crippen LogP contribution in [0.2, 0.25) is 0 Å². The lowest BCUT2D eigenvalue weighted by Gasteiger charge is -2.29. The van der Waals surface area contributed by atoms with Crippen molar-refractivity contribution in [2.24, 2.45) is 0 Å². The number of allylic oxidation sites excluding steroid dienone is 1. The minimum Gasteiger partial charge on any atom is -0.481 e. The molecule has 1 unspecified atom stereocenters. The highest BCUT2D eigenvalue weighted by molar-refractivity contribution is 14.1. The van der Waals surface area contributed by atoms with E-state index in [0.717, 1.165) is 14.7 Å². The summed E-state index contributed by atoms with van der Waals surface area (Å²) in [7, 11) is 0. The van der Waals surface area contributed by atoms with Crippen molar-refractivity contribution >= 4 is 28.6 Å². The number of rotatable bonds is 4. The van der Waals surface area contributed by atoms with Gasteiger partial charge in [-0.1, -0.05) is 31.2 Å². The van der Waals surface area contributed by atoms with Gasteiger partial charge in [-0.2, -0.15) is 0 Å². The highest BCUT2D eigenvalue weighted by atomic mass is 127. The van der Waals surface area contributed by atoms with E-state index in [4.69, 9.17) is 5.11 Å². The number of carboxylic acid groups (broad SMARTS) is 1. The second-order valence-electron chi connectivity index (χ2n) is 4.19. The van der Waals surface area contributed by atoms with Gasteiger partial charge in [0, 0.05) is 8.99 Å². The van der Waals surface area contributed by atoms with E-state index in [1.165, 1.54) is 0 Å². The summed E-state index contributed by atoms with van der Waals surface area (Å²) in [5.41, 5.74) is 1.39. The normalized spacial score (nSPS) is 14.2. The standard InChI is InChI=1S/C13H15IO2/c1-9(2)13(3,8-12(15)16)10-5-4-6-11(14)7-10/h4-7H,1,8H2,2-3H3,(H,15,16). The Bertz CT molecular complexity index is 426. The number of benzene rings is 1. The summed E-state index contributed by atoms with van der Waals surface area (Å²) >= 11 is 2.23. The van der Waals surface area contributed by atoms with Crippen LogP contribution in [-0.2, 0) is 10.2 Å². The van der Waals surface area contributed by atoms with Crippen molar-refractivity contribution < 1.29 is 9.90 Å². The molecule has 0 aliphatic carbocycles. The Morgan fingerprint density at radius 3 is 2.62 bits per heavy atom. The van der Waals surface area contributed by atoms with Gasteiger partial charge in [-0.3, -0.25) is 4.79 Å². The van der Waals surface area contributed by atoms with E-state index in [9.17, 15) is 4.79 Å². The van der Waals surface area contributed by atoms with Gasteiger partial charge in [-0.25, -0.2) is 0 Å². The fraction of sp³-hybridized carbons (Fsp3) is 0.308. The molecule has 16 heavy (non-hydrogen) atoms. The van der Waals surface area contributed by atoms with Gasteiger partial charge in [0.15, 0.2) is 0 Å². The second-order valence-corrected chi connectivity index (χ2v) is 5.44. The van der Waals surface area contributed by atoms with Crippen LogP contribution < -0.4 is 0 Å². The fourth-order valence-corrected chi connectivity index (χ4v) is 2.18. The molecule has 0 bridgehead atoms. The molecule has 0 fully saturated rings. The van der Waals surface area contributed by atoms with Crippen LogP contribution in [0, 0.1) is 3.57 Å². The molecule has 0 saturated heterocycles. The molecule has 1 N–H and O–H groups in total. The zero-order valence-corrected chi connectivity index (χ0v) is 11.6. The Morgan fingerprint density at radius 2 is 2.19 bits per heavy atom. The molecule has 1 aromatic carbocycles. The molecule has 2 nitrogen and oxygen atoms in total. The zero-order valence-electron chi connectivity index (χ0n) is 9.46. The number of aliphatic carboxylic acids is 1. The van der Waals surface area contributed by atoms with Gasteiger partial charge in [-0.05, 0) is 47.2 Å². The molecule has 0 aliphatic heterocycles. The van der Waals surface area contributed by atoms with E-state index < -0.39 is 11.4 Å². The number of hydrogen-bond acceptors (Lipinski definition) is 1. The maximum Gasteiger partial charge on any atom is 0.304 e. The monoisotopic (exact) mass is 330 g/mol. The molecule has 0 saturated carbocycles. The summed E-state index contributed by atoms with van der Waals surface area (Å²) in [5, 5.41) is 8.99. The van der Waals surface area contributed by atoms with Crippen LogP contribution in [0.4, 0.5) is 0 Å². The average molecular weight is 330 g/mol. The topological polar surface area (TPSA) is 37.3 Å². The van der Waals surface area contributed by atoms with E-state index in [2.05, 4.69) is 29.2 Å². The molecule has 1 aromatic rings. The predicted molar refractivity (Wildman–Crippen MR) is 73.6 cm³/mol. The first-order valence-electron chi connectivity index (χ1n) is 5.00. The van der Waals surface area contributed by atoms with Gasteiger partial charge in [0.1, 0.15) is 0 Å². The lowest BCUT2D eigenvalue weighted by atomic mass is 9.74. The number of hydrogen-bond donors (Lipinski definition) is 1. The van der Waals surface area contributed by atoms with Crippen molar-refractivity contribution in [3.8, 4) is 0 Å². The average Bonchev–Trinajstić information content (AvgIpc) is 2.16. The molecule has 0 spiro atoms. The van der Waals surface area contributed by atoms with E-state index in [1.54, 1.807) is 0 Å². The SMILES string of the molecule is C=C(C)C(C)(CC(=O)O)c1cccc(I)c1. The third kappa shape index (κ3) is 2.84. The number of carbonyl (C=O) groups is 1. The van der Waals surface area contributed by atoms with Crippen molar-refractivity contribution in [3.05, 3.63) is 45.6 Å². The van der Waals surface area contributed by atoms with Crippen LogP contribution in [0.5, 0.6) is 0 Å². The molecule has 1 atom stereocenters. The second kappa shape index (κ2) is 4.99. The summed E-state index contributed by atoms with van der Waals surface area (Å²) in [4.78, 5) is 10.9. The van der Waals surface area contributed by atoms with E-state index in [0.29, 0.717) is 0 Å². The summed E-state index contributed by atoms with van der Waals surface area (Å²) < 4.78 is 1.10. The lowest BCUT2D eigenvalue weighted by Crippen LogP contribution is -2.26. The van der Waals surface area contributed by atoms with Gasteiger partial charge in [0.2, 0.25) is 0 Å². The number of halogens is 1. The van der Waals surface area contributed by atoms with Crippen molar-refractivity contribution in [2.75, 3.05) is 0 Å². The summed E-state index contributed by atoms with van der Waals surface area (Å²) in [6.45, 7) is 7.72. The molecule has 0 aromatic heterocycles. The van der Waals surface area contributed by atoms with Crippen molar-refractivity contribution in [1.82, 2.24) is 0 Å². The smallest absolute Gasteiger partial charge is 0.304 e. The summed E-state index contributed by atoms with van der Waals surface area (Å²) in [6.07, 6.45) is 0.0719. The van der Waals surface area contributed by atoms with Crippen LogP contribution in [0.25, 0.3) is 0 Å². The first-order valence-corrected chi connectivity index (χ1v) is 6.08. The van der Waals surface area contributed by atoms with Gasteiger partial charge in [0.25, 0.3) is 0 Å². The molecule has 0 aliphatic rings. The highest BCUT2D eigenvalue weighted by Gasteiger charge is 2.30. The van der Waals surface area contributed by atoms with Crippen LogP contribution >= 0.6 is 22.6 Å². The molecule has 0 amide bonds. The Balaban J connectivity index is 3.21. The quantitative estimate of drug-likeness (QED) is 0.677. The van der Waals surface area contributed by atoms with Gasteiger partial charge in [0.05, 0.1) is 6.42 Å². The van der Waals surface area contributed by atoms with Gasteiger partial charge in [-0.15, -0.1) is 0 Å². The van der Waals surface area contributed by atoms with Crippen LogP contribution in [0.3, 0.4) is 0 Å². The van der Waals surface area contributed by atoms with E-state index in [1.807, 2.05) is 38.1 Å². The van der Waals surface area contributed by atoms with Crippen LogP contribution in [0.15, 0.2) is 36.4 Å².